The molecule has 2 aromatic carbocycles. The number of nitrogens with zero attached hydrogens (tertiary/aromatic N) is 2. The van der Waals surface area contributed by atoms with Crippen molar-refractivity contribution in [2.75, 3.05) is 19.8 Å². The molecule has 0 radical (unpaired) electrons. The molecule has 0 saturated carbocycles. The van der Waals surface area contributed by atoms with Crippen molar-refractivity contribution in [1.82, 2.24) is 0 Å². The lowest BCUT2D eigenvalue weighted by molar-refractivity contribution is -0.384. The highest BCUT2D eigenvalue weighted by Gasteiger charge is 2.26. The van der Waals surface area contributed by atoms with Gasteiger partial charge in [-0.15, -0.1) is 0 Å². The van der Waals surface area contributed by atoms with E-state index < -0.39 is 16.9 Å². The number of ether oxygens (including phenoxy) is 4. The Hall–Kier alpha value is -3.92. The highest BCUT2D eigenvalue weighted by atomic mass is 35.5. The van der Waals surface area contributed by atoms with Gasteiger partial charge in [0.05, 0.1) is 28.7 Å². The fraction of sp³-hybridized carbons (Fsp3) is 0.227. The summed E-state index contributed by atoms with van der Waals surface area (Å²) in [6.45, 7) is 3.81. The van der Waals surface area contributed by atoms with E-state index in [4.69, 9.17) is 30.5 Å². The lowest BCUT2D eigenvalue weighted by Crippen LogP contribution is -2.15. The zero-order valence-electron chi connectivity index (χ0n) is 17.7. The average molecular weight is 475 g/mol. The Kier molecular flexibility index (Phi) is 7.62. The second-order valence-corrected chi connectivity index (χ2v) is 6.90. The van der Waals surface area contributed by atoms with Crippen LogP contribution in [0.1, 0.15) is 25.0 Å². The minimum atomic E-state index is -0.708. The van der Waals surface area contributed by atoms with Crippen LogP contribution in [0.5, 0.6) is 11.5 Å². The average Bonchev–Trinajstić information content (AvgIpc) is 3.13. The van der Waals surface area contributed by atoms with Crippen LogP contribution in [0.15, 0.2) is 47.1 Å². The predicted molar refractivity (Wildman–Crippen MR) is 118 cm³/mol. The quantitative estimate of drug-likeness (QED) is 0.231. The van der Waals surface area contributed by atoms with E-state index in [-0.39, 0.29) is 41.1 Å². The number of hydrogen-bond acceptors (Lipinski definition) is 9. The van der Waals surface area contributed by atoms with Crippen LogP contribution in [0, 0.1) is 10.1 Å². The fourth-order valence-corrected chi connectivity index (χ4v) is 3.07. The third-order valence-corrected chi connectivity index (χ3v) is 4.55. The molecule has 10 nitrogen and oxygen atoms in total. The lowest BCUT2D eigenvalue weighted by Gasteiger charge is -2.12. The van der Waals surface area contributed by atoms with Crippen LogP contribution in [-0.2, 0) is 19.1 Å². The normalized spacial score (nSPS) is 14.0. The van der Waals surface area contributed by atoms with Gasteiger partial charge < -0.3 is 18.9 Å². The number of benzene rings is 2. The molecule has 1 aliphatic rings. The topological polar surface area (TPSA) is 127 Å². The third kappa shape index (κ3) is 5.86. The van der Waals surface area contributed by atoms with Crippen molar-refractivity contribution in [2.24, 2.45) is 4.99 Å². The molecule has 0 bridgehead atoms. The Morgan fingerprint density at radius 1 is 1.15 bits per heavy atom. The van der Waals surface area contributed by atoms with E-state index in [9.17, 15) is 19.7 Å². The molecule has 33 heavy (non-hydrogen) atoms. The van der Waals surface area contributed by atoms with Crippen LogP contribution in [0.3, 0.4) is 0 Å². The molecule has 1 aliphatic heterocycles. The van der Waals surface area contributed by atoms with Gasteiger partial charge in [-0.3, -0.25) is 10.1 Å². The van der Waals surface area contributed by atoms with Gasteiger partial charge in [-0.1, -0.05) is 17.7 Å². The van der Waals surface area contributed by atoms with Crippen molar-refractivity contribution in [3.63, 3.8) is 0 Å². The highest BCUT2D eigenvalue weighted by Crippen LogP contribution is 2.31. The van der Waals surface area contributed by atoms with Crippen LogP contribution in [0.25, 0.3) is 6.08 Å². The maximum Gasteiger partial charge on any atom is 0.363 e. The van der Waals surface area contributed by atoms with E-state index in [1.165, 1.54) is 18.2 Å². The van der Waals surface area contributed by atoms with Crippen molar-refractivity contribution < 1.29 is 33.5 Å². The molecule has 0 aromatic heterocycles. The summed E-state index contributed by atoms with van der Waals surface area (Å²) in [4.78, 5) is 38.3. The van der Waals surface area contributed by atoms with Gasteiger partial charge in [0.25, 0.3) is 5.69 Å². The summed E-state index contributed by atoms with van der Waals surface area (Å²) in [5.41, 5.74) is 0.616. The van der Waals surface area contributed by atoms with Crippen molar-refractivity contribution in [3.8, 4) is 11.5 Å². The van der Waals surface area contributed by atoms with Gasteiger partial charge in [0.2, 0.25) is 5.90 Å². The Balaban J connectivity index is 1.85. The highest BCUT2D eigenvalue weighted by molar-refractivity contribution is 6.34. The first kappa shape index (κ1) is 23.7. The van der Waals surface area contributed by atoms with E-state index in [0.29, 0.717) is 23.7 Å². The molecule has 0 atom stereocenters. The summed E-state index contributed by atoms with van der Waals surface area (Å²) in [6, 6.07) is 8.61. The number of nitro groups is 1. The van der Waals surface area contributed by atoms with E-state index in [2.05, 4.69) is 4.99 Å². The largest absolute Gasteiger partial charge is 0.490 e. The van der Waals surface area contributed by atoms with Crippen molar-refractivity contribution >= 4 is 41.2 Å². The van der Waals surface area contributed by atoms with Crippen LogP contribution in [-0.4, -0.2) is 42.6 Å². The second-order valence-electron chi connectivity index (χ2n) is 6.49. The summed E-state index contributed by atoms with van der Waals surface area (Å²) in [5.74, 6) is -0.578. The summed E-state index contributed by atoms with van der Waals surface area (Å²) >= 11 is 6.09. The minimum absolute atomic E-state index is 0.00191. The van der Waals surface area contributed by atoms with Crippen molar-refractivity contribution in [3.05, 3.63) is 68.4 Å². The van der Waals surface area contributed by atoms with Crippen LogP contribution < -0.4 is 9.47 Å². The van der Waals surface area contributed by atoms with Crippen LogP contribution in [0.4, 0.5) is 5.69 Å². The standard InChI is InChI=1S/C22H19ClN2O8/c1-3-30-19-10-13(5-8-18(19)32-12-20(26)31-4-2)9-17-22(27)33-21(24-17)15-7-6-14(25(28)29)11-16(15)23/h5-11H,3-4,12H2,1-2H3/b17-9-. The number of cyclic esters (lactones) is 1. The van der Waals surface area contributed by atoms with Crippen LogP contribution >= 0.6 is 11.6 Å². The van der Waals surface area contributed by atoms with Gasteiger partial charge in [-0.05, 0) is 43.7 Å². The van der Waals surface area contributed by atoms with Gasteiger partial charge in [0.1, 0.15) is 0 Å². The van der Waals surface area contributed by atoms with Crippen molar-refractivity contribution in [2.45, 2.75) is 13.8 Å². The molecule has 0 saturated heterocycles. The molecule has 172 valence electrons. The predicted octanol–water partition coefficient (Wildman–Crippen LogP) is 3.93. The number of non-ortho nitro benzene ring substituents is 1. The monoisotopic (exact) mass is 474 g/mol. The lowest BCUT2D eigenvalue weighted by atomic mass is 10.1. The van der Waals surface area contributed by atoms with Gasteiger partial charge in [-0.2, -0.15) is 0 Å². The SMILES string of the molecule is CCOC(=O)COc1ccc(/C=C2\N=C(c3ccc([N+](=O)[O-])cc3Cl)OC2=O)cc1OCC. The molecule has 0 fully saturated rings. The smallest absolute Gasteiger partial charge is 0.363 e. The number of carbonyl (C=O) groups is 2. The van der Waals surface area contributed by atoms with E-state index >= 15 is 0 Å². The molecule has 0 amide bonds. The number of nitro benzene ring substituents is 1. The Labute approximate surface area is 193 Å². The maximum absolute atomic E-state index is 12.3. The number of halogens is 1. The zero-order chi connectivity index (χ0) is 24.0. The molecule has 0 aliphatic carbocycles. The number of aliphatic imine (C=N–C) groups is 1. The first-order chi connectivity index (χ1) is 15.8. The van der Waals surface area contributed by atoms with E-state index in [1.807, 2.05) is 0 Å². The summed E-state index contributed by atoms with van der Waals surface area (Å²) in [7, 11) is 0. The number of esters is 2. The number of carbonyl (C=O) groups excluding carboxylic acids is 2. The summed E-state index contributed by atoms with van der Waals surface area (Å²) in [6.07, 6.45) is 1.48. The number of hydrogen-bond donors (Lipinski definition) is 0. The molecule has 0 unspecified atom stereocenters. The molecular weight excluding hydrogens is 456 g/mol. The van der Waals surface area contributed by atoms with Gasteiger partial charge in [-0.25, -0.2) is 14.6 Å². The number of rotatable bonds is 9. The second kappa shape index (κ2) is 10.6. The zero-order valence-corrected chi connectivity index (χ0v) is 18.5. The van der Waals surface area contributed by atoms with Gasteiger partial charge >= 0.3 is 11.9 Å². The summed E-state index contributed by atoms with van der Waals surface area (Å²) < 4.78 is 21.1. The van der Waals surface area contributed by atoms with E-state index in [1.54, 1.807) is 32.0 Å². The minimum Gasteiger partial charge on any atom is -0.490 e. The fourth-order valence-electron chi connectivity index (χ4n) is 2.81. The molecule has 2 aromatic rings. The third-order valence-electron chi connectivity index (χ3n) is 4.24. The molecule has 1 heterocycles. The van der Waals surface area contributed by atoms with Gasteiger partial charge in [0, 0.05) is 12.1 Å². The van der Waals surface area contributed by atoms with Crippen LogP contribution in [0.2, 0.25) is 5.02 Å². The molecule has 3 rings (SSSR count). The Morgan fingerprint density at radius 2 is 1.94 bits per heavy atom. The molecule has 0 N–H and O–H groups in total. The Morgan fingerprint density at radius 3 is 2.61 bits per heavy atom. The first-order valence-corrected chi connectivity index (χ1v) is 10.2. The molecule has 11 heteroatoms. The Bertz CT molecular complexity index is 1160. The molecular formula is C22H19ClN2O8. The van der Waals surface area contributed by atoms with E-state index in [0.717, 1.165) is 6.07 Å². The van der Waals surface area contributed by atoms with Crippen molar-refractivity contribution in [1.29, 1.82) is 0 Å². The molecule has 0 spiro atoms. The summed E-state index contributed by atoms with van der Waals surface area (Å²) in [5, 5.41) is 10.9. The van der Waals surface area contributed by atoms with Gasteiger partial charge in [0.15, 0.2) is 23.8 Å². The first-order valence-electron chi connectivity index (χ1n) is 9.84. The maximum atomic E-state index is 12.3.